The molecule has 1 aliphatic heterocycles. The van der Waals surface area contributed by atoms with E-state index >= 15 is 0 Å². The van der Waals surface area contributed by atoms with Gasteiger partial charge in [0.05, 0.1) is 0 Å². The maximum atomic E-state index is 12.0. The Labute approximate surface area is 116 Å². The van der Waals surface area contributed by atoms with E-state index in [9.17, 15) is 14.4 Å². The standard InChI is InChI=1S/C14H16N2O4/c17-12(15-7-3-6-13(18)19)9-16-8-10-4-1-2-5-11(10)14(16)20/h1-2,4-5H,3,6-9H2,(H,15,17)(H,18,19). The average molecular weight is 276 g/mol. The first-order valence-electron chi connectivity index (χ1n) is 6.43. The van der Waals surface area contributed by atoms with Crippen molar-refractivity contribution in [2.45, 2.75) is 19.4 Å². The lowest BCUT2D eigenvalue weighted by Gasteiger charge is -2.15. The molecule has 0 aliphatic carbocycles. The number of carbonyl (C=O) groups excluding carboxylic acids is 2. The van der Waals surface area contributed by atoms with Gasteiger partial charge in [-0.2, -0.15) is 0 Å². The van der Waals surface area contributed by atoms with E-state index in [1.807, 2.05) is 12.1 Å². The van der Waals surface area contributed by atoms with Gasteiger partial charge in [0.2, 0.25) is 5.91 Å². The summed E-state index contributed by atoms with van der Waals surface area (Å²) in [5.41, 5.74) is 1.57. The molecule has 1 heterocycles. The van der Waals surface area contributed by atoms with Crippen LogP contribution in [0.5, 0.6) is 0 Å². The van der Waals surface area contributed by atoms with Gasteiger partial charge in [-0.25, -0.2) is 0 Å². The Balaban J connectivity index is 1.79. The van der Waals surface area contributed by atoms with Gasteiger partial charge in [-0.15, -0.1) is 0 Å². The lowest BCUT2D eigenvalue weighted by Crippen LogP contribution is -2.37. The van der Waals surface area contributed by atoms with E-state index in [4.69, 9.17) is 5.11 Å². The maximum Gasteiger partial charge on any atom is 0.303 e. The van der Waals surface area contributed by atoms with E-state index in [-0.39, 0.29) is 24.8 Å². The van der Waals surface area contributed by atoms with Gasteiger partial charge in [0.1, 0.15) is 6.54 Å². The van der Waals surface area contributed by atoms with Crippen LogP contribution in [0.4, 0.5) is 0 Å². The van der Waals surface area contributed by atoms with E-state index in [1.54, 1.807) is 12.1 Å². The summed E-state index contributed by atoms with van der Waals surface area (Å²) in [5, 5.41) is 11.1. The van der Waals surface area contributed by atoms with Crippen molar-refractivity contribution in [3.63, 3.8) is 0 Å². The van der Waals surface area contributed by atoms with Crippen LogP contribution >= 0.6 is 0 Å². The van der Waals surface area contributed by atoms with Gasteiger partial charge in [-0.1, -0.05) is 18.2 Å². The molecule has 0 spiro atoms. The number of aliphatic carboxylic acids is 1. The van der Waals surface area contributed by atoms with Gasteiger partial charge in [-0.05, 0) is 18.1 Å². The Morgan fingerprint density at radius 3 is 2.75 bits per heavy atom. The quantitative estimate of drug-likeness (QED) is 0.746. The molecular weight excluding hydrogens is 260 g/mol. The molecule has 1 aromatic carbocycles. The molecule has 0 bridgehead atoms. The van der Waals surface area contributed by atoms with Crippen molar-refractivity contribution >= 4 is 17.8 Å². The topological polar surface area (TPSA) is 86.7 Å². The Kier molecular flexibility index (Phi) is 4.34. The summed E-state index contributed by atoms with van der Waals surface area (Å²) >= 11 is 0. The lowest BCUT2D eigenvalue weighted by molar-refractivity contribution is -0.137. The number of carboxylic acids is 1. The third kappa shape index (κ3) is 3.34. The zero-order valence-electron chi connectivity index (χ0n) is 11.0. The van der Waals surface area contributed by atoms with E-state index in [0.29, 0.717) is 25.1 Å². The van der Waals surface area contributed by atoms with Crippen LogP contribution in [0.3, 0.4) is 0 Å². The van der Waals surface area contributed by atoms with Crippen molar-refractivity contribution in [1.82, 2.24) is 10.2 Å². The fraction of sp³-hybridized carbons (Fsp3) is 0.357. The van der Waals surface area contributed by atoms with Crippen LogP contribution in [0.1, 0.15) is 28.8 Å². The Bertz CT molecular complexity index is 542. The maximum absolute atomic E-state index is 12.0. The van der Waals surface area contributed by atoms with Crippen LogP contribution < -0.4 is 5.32 Å². The third-order valence-electron chi connectivity index (χ3n) is 3.12. The molecule has 0 saturated heterocycles. The molecule has 0 saturated carbocycles. The van der Waals surface area contributed by atoms with Gasteiger partial charge in [0, 0.05) is 25.1 Å². The van der Waals surface area contributed by atoms with Crippen molar-refractivity contribution < 1.29 is 19.5 Å². The number of amides is 2. The Hall–Kier alpha value is -2.37. The minimum atomic E-state index is -0.885. The molecule has 20 heavy (non-hydrogen) atoms. The SMILES string of the molecule is O=C(O)CCCNC(=O)CN1Cc2ccccc2C1=O. The summed E-state index contributed by atoms with van der Waals surface area (Å²) in [6.45, 7) is 0.748. The first-order chi connectivity index (χ1) is 9.58. The summed E-state index contributed by atoms with van der Waals surface area (Å²) in [6.07, 6.45) is 0.406. The summed E-state index contributed by atoms with van der Waals surface area (Å²) in [4.78, 5) is 35.5. The second-order valence-electron chi connectivity index (χ2n) is 4.67. The van der Waals surface area contributed by atoms with Crippen LogP contribution in [0.15, 0.2) is 24.3 Å². The normalized spacial score (nSPS) is 13.2. The largest absolute Gasteiger partial charge is 0.481 e. The molecule has 0 radical (unpaired) electrons. The predicted octanol–water partition coefficient (Wildman–Crippen LogP) is 0.623. The van der Waals surface area contributed by atoms with Gasteiger partial charge in [0.15, 0.2) is 0 Å². The number of nitrogens with zero attached hydrogens (tertiary/aromatic N) is 1. The van der Waals surface area contributed by atoms with Crippen molar-refractivity contribution in [3.8, 4) is 0 Å². The number of fused-ring (bicyclic) bond motifs is 1. The van der Waals surface area contributed by atoms with E-state index in [2.05, 4.69) is 5.32 Å². The van der Waals surface area contributed by atoms with Crippen LogP contribution in [-0.4, -0.2) is 40.9 Å². The number of hydrogen-bond donors (Lipinski definition) is 2. The first kappa shape index (κ1) is 14.0. The molecule has 1 aromatic rings. The number of hydrogen-bond acceptors (Lipinski definition) is 3. The van der Waals surface area contributed by atoms with Crippen molar-refractivity contribution in [1.29, 1.82) is 0 Å². The molecule has 6 nitrogen and oxygen atoms in total. The van der Waals surface area contributed by atoms with Crippen molar-refractivity contribution in [2.75, 3.05) is 13.1 Å². The van der Waals surface area contributed by atoms with E-state index in [0.717, 1.165) is 5.56 Å². The first-order valence-corrected chi connectivity index (χ1v) is 6.43. The summed E-state index contributed by atoms with van der Waals surface area (Å²) < 4.78 is 0. The highest BCUT2D eigenvalue weighted by Gasteiger charge is 2.27. The molecule has 0 aromatic heterocycles. The zero-order chi connectivity index (χ0) is 14.5. The average Bonchev–Trinajstić information content (AvgIpc) is 2.72. The molecule has 1 aliphatic rings. The summed E-state index contributed by atoms with van der Waals surface area (Å²) in [6, 6.07) is 7.29. The van der Waals surface area contributed by atoms with Crippen molar-refractivity contribution in [3.05, 3.63) is 35.4 Å². The van der Waals surface area contributed by atoms with Gasteiger partial charge in [-0.3, -0.25) is 14.4 Å². The van der Waals surface area contributed by atoms with Crippen LogP contribution in [0.2, 0.25) is 0 Å². The minimum absolute atomic E-state index is 0.000580. The Morgan fingerprint density at radius 1 is 1.30 bits per heavy atom. The number of benzene rings is 1. The molecule has 2 N–H and O–H groups in total. The molecule has 106 valence electrons. The molecule has 2 amide bonds. The Morgan fingerprint density at radius 2 is 2.05 bits per heavy atom. The number of carboxylic acid groups (broad SMARTS) is 1. The third-order valence-corrected chi connectivity index (χ3v) is 3.12. The molecule has 0 fully saturated rings. The lowest BCUT2D eigenvalue weighted by atomic mass is 10.1. The predicted molar refractivity (Wildman–Crippen MR) is 71.1 cm³/mol. The van der Waals surface area contributed by atoms with E-state index < -0.39 is 5.97 Å². The van der Waals surface area contributed by atoms with Crippen LogP contribution in [0.25, 0.3) is 0 Å². The van der Waals surface area contributed by atoms with Gasteiger partial charge >= 0.3 is 5.97 Å². The molecule has 2 rings (SSSR count). The highest BCUT2D eigenvalue weighted by atomic mass is 16.4. The second-order valence-corrected chi connectivity index (χ2v) is 4.67. The van der Waals surface area contributed by atoms with Gasteiger partial charge < -0.3 is 15.3 Å². The smallest absolute Gasteiger partial charge is 0.303 e. The number of nitrogens with one attached hydrogen (secondary N) is 1. The minimum Gasteiger partial charge on any atom is -0.481 e. The fourth-order valence-corrected chi connectivity index (χ4v) is 2.14. The second kappa shape index (κ2) is 6.18. The number of carbonyl (C=O) groups is 3. The number of rotatable bonds is 6. The molecule has 0 unspecified atom stereocenters. The van der Waals surface area contributed by atoms with Crippen LogP contribution in [-0.2, 0) is 16.1 Å². The van der Waals surface area contributed by atoms with E-state index in [1.165, 1.54) is 4.90 Å². The highest BCUT2D eigenvalue weighted by molar-refractivity contribution is 6.00. The monoisotopic (exact) mass is 276 g/mol. The summed E-state index contributed by atoms with van der Waals surface area (Å²) in [7, 11) is 0. The van der Waals surface area contributed by atoms with Crippen molar-refractivity contribution in [2.24, 2.45) is 0 Å². The summed E-state index contributed by atoms with van der Waals surface area (Å²) in [5.74, 6) is -1.29. The molecular formula is C14H16N2O4. The molecule has 6 heteroatoms. The zero-order valence-corrected chi connectivity index (χ0v) is 11.0. The van der Waals surface area contributed by atoms with Crippen LogP contribution in [0, 0.1) is 0 Å². The van der Waals surface area contributed by atoms with Gasteiger partial charge in [0.25, 0.3) is 5.91 Å². The fourth-order valence-electron chi connectivity index (χ4n) is 2.14. The highest BCUT2D eigenvalue weighted by Crippen LogP contribution is 2.21. The molecule has 0 atom stereocenters.